The molecule has 7 heavy (non-hydrogen) atoms. The third-order valence-corrected chi connectivity index (χ3v) is 0.987. The number of nitrogens with one attached hydrogen (secondary N) is 1. The lowest BCUT2D eigenvalue weighted by Crippen LogP contribution is -2.53. The summed E-state index contributed by atoms with van der Waals surface area (Å²) >= 11 is 0. The standard InChI is InChI=1S/C4H8FN.BrH/c1-4(5)2-6-3-4;/h6H,2-3H2,1H3;1H. The number of hydrogen-bond acceptors (Lipinski definition) is 1. The molecule has 0 aromatic carbocycles. The van der Waals surface area contributed by atoms with Gasteiger partial charge in [-0.05, 0) is 6.92 Å². The highest BCUT2D eigenvalue weighted by Crippen LogP contribution is 2.12. The minimum atomic E-state index is -0.889. The molecule has 1 heterocycles. The first-order valence-electron chi connectivity index (χ1n) is 2.10. The first-order valence-corrected chi connectivity index (χ1v) is 2.10. The van der Waals surface area contributed by atoms with Gasteiger partial charge in [-0.15, -0.1) is 17.0 Å². The number of hydrogen-bond donors (Lipinski definition) is 1. The highest BCUT2D eigenvalue weighted by atomic mass is 79.9. The zero-order chi connectivity index (χ0) is 4.62. The SMILES string of the molecule is Br.CC1(F)CNC1. The fourth-order valence-corrected chi connectivity index (χ4v) is 0.469. The Bertz CT molecular complexity index is 58.7. The molecule has 1 saturated heterocycles. The van der Waals surface area contributed by atoms with E-state index in [1.54, 1.807) is 6.92 Å². The normalized spacial score (nSPS) is 24.9. The Morgan fingerprint density at radius 3 is 1.86 bits per heavy atom. The van der Waals surface area contributed by atoms with Crippen molar-refractivity contribution in [1.29, 1.82) is 0 Å². The van der Waals surface area contributed by atoms with Crippen LogP contribution in [0, 0.1) is 0 Å². The Morgan fingerprint density at radius 1 is 1.57 bits per heavy atom. The zero-order valence-corrected chi connectivity index (χ0v) is 5.91. The predicted octanol–water partition coefficient (Wildman–Crippen LogP) is 0.896. The number of alkyl halides is 1. The van der Waals surface area contributed by atoms with E-state index in [0.717, 1.165) is 0 Å². The first kappa shape index (κ1) is 7.37. The summed E-state index contributed by atoms with van der Waals surface area (Å²) in [6.45, 7) is 2.67. The summed E-state index contributed by atoms with van der Waals surface area (Å²) in [5, 5.41) is 2.83. The third kappa shape index (κ3) is 1.74. The van der Waals surface area contributed by atoms with Crippen LogP contribution in [0.15, 0.2) is 0 Å². The van der Waals surface area contributed by atoms with Crippen LogP contribution in [0.3, 0.4) is 0 Å². The summed E-state index contributed by atoms with van der Waals surface area (Å²) in [6, 6.07) is 0. The van der Waals surface area contributed by atoms with Crippen molar-refractivity contribution < 1.29 is 4.39 Å². The Hall–Kier alpha value is 0.370. The van der Waals surface area contributed by atoms with Gasteiger partial charge >= 0.3 is 0 Å². The highest BCUT2D eigenvalue weighted by molar-refractivity contribution is 8.93. The van der Waals surface area contributed by atoms with Crippen molar-refractivity contribution in [3.05, 3.63) is 0 Å². The molecule has 0 amide bonds. The van der Waals surface area contributed by atoms with E-state index in [0.29, 0.717) is 13.1 Å². The van der Waals surface area contributed by atoms with Crippen LogP contribution in [0.4, 0.5) is 4.39 Å². The largest absolute Gasteiger partial charge is 0.310 e. The molecule has 3 heteroatoms. The fraction of sp³-hybridized carbons (Fsp3) is 1.00. The summed E-state index contributed by atoms with van der Waals surface area (Å²) in [7, 11) is 0. The first-order chi connectivity index (χ1) is 2.71. The fourth-order valence-electron chi connectivity index (χ4n) is 0.469. The Morgan fingerprint density at radius 2 is 1.86 bits per heavy atom. The van der Waals surface area contributed by atoms with Crippen LogP contribution in [0.25, 0.3) is 0 Å². The molecule has 44 valence electrons. The second-order valence-electron chi connectivity index (χ2n) is 2.02. The van der Waals surface area contributed by atoms with Crippen LogP contribution in [0.1, 0.15) is 6.92 Å². The van der Waals surface area contributed by atoms with Crippen LogP contribution in [0.5, 0.6) is 0 Å². The molecule has 1 aliphatic rings. The molecule has 0 radical (unpaired) electrons. The van der Waals surface area contributed by atoms with E-state index in [1.165, 1.54) is 0 Å². The second kappa shape index (κ2) is 2.09. The van der Waals surface area contributed by atoms with Gasteiger partial charge in [0.25, 0.3) is 0 Å². The predicted molar refractivity (Wildman–Crippen MR) is 32.7 cm³/mol. The van der Waals surface area contributed by atoms with Crippen molar-refractivity contribution in [3.8, 4) is 0 Å². The molecule has 0 spiro atoms. The van der Waals surface area contributed by atoms with Gasteiger partial charge in [0.05, 0.1) is 0 Å². The second-order valence-corrected chi connectivity index (χ2v) is 2.02. The maximum atomic E-state index is 12.1. The minimum absolute atomic E-state index is 0. The molecule has 1 fully saturated rings. The number of halogens is 2. The van der Waals surface area contributed by atoms with Gasteiger partial charge in [-0.3, -0.25) is 0 Å². The molecular formula is C4H9BrFN. The molecule has 0 aliphatic carbocycles. The van der Waals surface area contributed by atoms with Crippen LogP contribution in [-0.2, 0) is 0 Å². The van der Waals surface area contributed by atoms with Gasteiger partial charge in [0.2, 0.25) is 0 Å². The van der Waals surface area contributed by atoms with Crippen molar-refractivity contribution in [2.24, 2.45) is 0 Å². The Balaban J connectivity index is 0.000000360. The highest BCUT2D eigenvalue weighted by Gasteiger charge is 2.30. The third-order valence-electron chi connectivity index (χ3n) is 0.987. The monoisotopic (exact) mass is 169 g/mol. The Labute approximate surface area is 53.1 Å². The average Bonchev–Trinajstić information content (AvgIpc) is 1.32. The summed E-state index contributed by atoms with van der Waals surface area (Å²) in [6.07, 6.45) is 0. The van der Waals surface area contributed by atoms with Crippen LogP contribution < -0.4 is 5.32 Å². The molecule has 0 unspecified atom stereocenters. The molecule has 1 N–H and O–H groups in total. The van der Waals surface area contributed by atoms with Crippen molar-refractivity contribution in [2.75, 3.05) is 13.1 Å². The molecular weight excluding hydrogens is 161 g/mol. The van der Waals surface area contributed by atoms with E-state index in [-0.39, 0.29) is 17.0 Å². The van der Waals surface area contributed by atoms with E-state index >= 15 is 0 Å². The minimum Gasteiger partial charge on any atom is -0.310 e. The molecule has 0 aromatic rings. The van der Waals surface area contributed by atoms with Gasteiger partial charge in [0, 0.05) is 13.1 Å². The quantitative estimate of drug-likeness (QED) is 0.569. The summed E-state index contributed by atoms with van der Waals surface area (Å²) in [4.78, 5) is 0. The van der Waals surface area contributed by atoms with Crippen LogP contribution >= 0.6 is 17.0 Å². The van der Waals surface area contributed by atoms with Crippen molar-refractivity contribution in [3.63, 3.8) is 0 Å². The zero-order valence-electron chi connectivity index (χ0n) is 4.20. The summed E-state index contributed by atoms with van der Waals surface area (Å²) < 4.78 is 12.1. The smallest absolute Gasteiger partial charge is 0.132 e. The maximum Gasteiger partial charge on any atom is 0.132 e. The van der Waals surface area contributed by atoms with Gasteiger partial charge < -0.3 is 5.32 Å². The lowest BCUT2D eigenvalue weighted by atomic mass is 10.0. The molecule has 0 bridgehead atoms. The summed E-state index contributed by atoms with van der Waals surface area (Å²) in [5.41, 5.74) is -0.889. The van der Waals surface area contributed by atoms with Crippen molar-refractivity contribution in [2.45, 2.75) is 12.6 Å². The van der Waals surface area contributed by atoms with E-state index in [9.17, 15) is 4.39 Å². The van der Waals surface area contributed by atoms with Crippen molar-refractivity contribution in [1.82, 2.24) is 5.32 Å². The topological polar surface area (TPSA) is 12.0 Å². The molecule has 0 atom stereocenters. The van der Waals surface area contributed by atoms with Gasteiger partial charge in [-0.1, -0.05) is 0 Å². The van der Waals surface area contributed by atoms with Crippen molar-refractivity contribution >= 4 is 17.0 Å². The molecule has 1 aliphatic heterocycles. The van der Waals surface area contributed by atoms with E-state index in [1.807, 2.05) is 0 Å². The van der Waals surface area contributed by atoms with E-state index in [4.69, 9.17) is 0 Å². The van der Waals surface area contributed by atoms with Crippen LogP contribution in [-0.4, -0.2) is 18.8 Å². The van der Waals surface area contributed by atoms with Crippen LogP contribution in [0.2, 0.25) is 0 Å². The summed E-state index contributed by atoms with van der Waals surface area (Å²) in [5.74, 6) is 0. The van der Waals surface area contributed by atoms with Gasteiger partial charge in [-0.2, -0.15) is 0 Å². The van der Waals surface area contributed by atoms with E-state index in [2.05, 4.69) is 5.32 Å². The Kier molecular flexibility index (Phi) is 2.20. The van der Waals surface area contributed by atoms with Gasteiger partial charge in [0.15, 0.2) is 0 Å². The lowest BCUT2D eigenvalue weighted by Gasteiger charge is -2.30. The number of rotatable bonds is 0. The molecule has 1 nitrogen and oxygen atoms in total. The van der Waals surface area contributed by atoms with Gasteiger partial charge in [0.1, 0.15) is 5.67 Å². The molecule has 1 rings (SSSR count). The molecule has 0 aromatic heterocycles. The lowest BCUT2D eigenvalue weighted by molar-refractivity contribution is 0.113. The maximum absolute atomic E-state index is 12.1. The van der Waals surface area contributed by atoms with E-state index < -0.39 is 5.67 Å². The average molecular weight is 170 g/mol. The molecule has 0 saturated carbocycles. The van der Waals surface area contributed by atoms with Gasteiger partial charge in [-0.25, -0.2) is 4.39 Å².